The van der Waals surface area contributed by atoms with E-state index in [-0.39, 0.29) is 12.0 Å². The third-order valence-electron chi connectivity index (χ3n) is 4.38. The van der Waals surface area contributed by atoms with Crippen LogP contribution in [0.15, 0.2) is 48.5 Å². The van der Waals surface area contributed by atoms with Crippen LogP contribution in [0.1, 0.15) is 21.5 Å². The molecule has 26 heavy (non-hydrogen) atoms. The summed E-state index contributed by atoms with van der Waals surface area (Å²) in [6, 6.07) is 13.6. The third kappa shape index (κ3) is 3.28. The molecule has 0 aliphatic carbocycles. The molecule has 0 heterocycles. The van der Waals surface area contributed by atoms with E-state index < -0.39 is 17.7 Å². The fourth-order valence-electron chi connectivity index (χ4n) is 3.25. The van der Waals surface area contributed by atoms with Gasteiger partial charge in [0.1, 0.15) is 5.82 Å². The predicted molar refractivity (Wildman–Crippen MR) is 98.8 cm³/mol. The monoisotopic (exact) mass is 351 g/mol. The zero-order valence-electron chi connectivity index (χ0n) is 14.5. The third-order valence-corrected chi connectivity index (χ3v) is 4.38. The molecule has 0 aliphatic rings. The number of carboxylic acids is 1. The molecule has 0 atom stereocenters. The summed E-state index contributed by atoms with van der Waals surface area (Å²) in [5, 5.41) is 13.6. The molecule has 0 saturated heterocycles. The van der Waals surface area contributed by atoms with E-state index in [1.54, 1.807) is 6.07 Å². The molecule has 0 fully saturated rings. The van der Waals surface area contributed by atoms with Crippen molar-refractivity contribution in [3.05, 3.63) is 71.0 Å². The van der Waals surface area contributed by atoms with Crippen molar-refractivity contribution in [1.29, 1.82) is 0 Å². The summed E-state index contributed by atoms with van der Waals surface area (Å²) in [5.74, 6) is -1.91. The molecule has 0 aliphatic heterocycles. The van der Waals surface area contributed by atoms with Crippen LogP contribution in [-0.2, 0) is 11.2 Å². The van der Waals surface area contributed by atoms with Gasteiger partial charge >= 0.3 is 5.97 Å². The highest BCUT2D eigenvalue weighted by atomic mass is 19.1. The molecule has 0 saturated carbocycles. The highest BCUT2D eigenvalue weighted by Gasteiger charge is 2.18. The van der Waals surface area contributed by atoms with E-state index in [4.69, 9.17) is 0 Å². The summed E-state index contributed by atoms with van der Waals surface area (Å²) in [5.41, 5.74) is 2.75. The van der Waals surface area contributed by atoms with Gasteiger partial charge in [-0.05, 0) is 58.1 Å². The van der Waals surface area contributed by atoms with Crippen LogP contribution in [0.4, 0.5) is 4.39 Å². The van der Waals surface area contributed by atoms with E-state index in [9.17, 15) is 19.1 Å². The first-order chi connectivity index (χ1) is 12.4. The van der Waals surface area contributed by atoms with Gasteiger partial charge in [0.05, 0.1) is 6.42 Å². The topological polar surface area (TPSA) is 66.4 Å². The van der Waals surface area contributed by atoms with E-state index in [1.165, 1.54) is 13.1 Å². The van der Waals surface area contributed by atoms with Crippen molar-refractivity contribution in [2.75, 3.05) is 7.05 Å². The zero-order valence-corrected chi connectivity index (χ0v) is 14.5. The van der Waals surface area contributed by atoms with Gasteiger partial charge in [-0.2, -0.15) is 0 Å². The Morgan fingerprint density at radius 1 is 1.12 bits per heavy atom. The Labute approximate surface area is 150 Å². The van der Waals surface area contributed by atoms with Crippen LogP contribution < -0.4 is 5.32 Å². The van der Waals surface area contributed by atoms with E-state index in [1.807, 2.05) is 37.3 Å². The Balaban J connectivity index is 2.37. The van der Waals surface area contributed by atoms with Crippen LogP contribution in [-0.4, -0.2) is 24.0 Å². The molecule has 0 bridgehead atoms. The van der Waals surface area contributed by atoms with Gasteiger partial charge < -0.3 is 10.4 Å². The molecule has 5 heteroatoms. The van der Waals surface area contributed by atoms with Gasteiger partial charge in [0, 0.05) is 12.6 Å². The van der Waals surface area contributed by atoms with Gasteiger partial charge in [0.15, 0.2) is 0 Å². The Hall–Kier alpha value is -3.21. The molecule has 0 unspecified atom stereocenters. The number of benzene rings is 3. The largest absolute Gasteiger partial charge is 0.481 e. The van der Waals surface area contributed by atoms with Crippen LogP contribution >= 0.6 is 0 Å². The van der Waals surface area contributed by atoms with Crippen molar-refractivity contribution in [2.24, 2.45) is 0 Å². The number of aryl methyl sites for hydroxylation is 1. The Morgan fingerprint density at radius 2 is 1.85 bits per heavy atom. The minimum absolute atomic E-state index is 0.183. The number of carbonyl (C=O) groups is 2. The van der Waals surface area contributed by atoms with Gasteiger partial charge in [0.2, 0.25) is 0 Å². The van der Waals surface area contributed by atoms with Crippen molar-refractivity contribution in [3.8, 4) is 11.1 Å². The quantitative estimate of drug-likeness (QED) is 0.748. The molecule has 3 aromatic carbocycles. The molecule has 0 spiro atoms. The lowest BCUT2D eigenvalue weighted by Gasteiger charge is -2.16. The number of amides is 1. The first kappa shape index (κ1) is 17.6. The summed E-state index contributed by atoms with van der Waals surface area (Å²) in [6.45, 7) is 1.84. The number of hydrogen-bond donors (Lipinski definition) is 2. The molecule has 0 radical (unpaired) electrons. The second kappa shape index (κ2) is 6.96. The summed E-state index contributed by atoms with van der Waals surface area (Å²) in [7, 11) is 1.48. The molecule has 3 rings (SSSR count). The van der Waals surface area contributed by atoms with Crippen molar-refractivity contribution in [3.63, 3.8) is 0 Å². The maximum Gasteiger partial charge on any atom is 0.307 e. The molecule has 0 aromatic heterocycles. The maximum atomic E-state index is 14.2. The number of nitrogens with one attached hydrogen (secondary N) is 1. The fourth-order valence-corrected chi connectivity index (χ4v) is 3.25. The minimum atomic E-state index is -0.965. The number of aliphatic carboxylic acids is 1. The average molecular weight is 351 g/mol. The number of hydrogen-bond acceptors (Lipinski definition) is 2. The summed E-state index contributed by atoms with van der Waals surface area (Å²) < 4.78 is 14.2. The summed E-state index contributed by atoms with van der Waals surface area (Å²) in [4.78, 5) is 23.4. The van der Waals surface area contributed by atoms with Crippen molar-refractivity contribution in [2.45, 2.75) is 13.3 Å². The lowest BCUT2D eigenvalue weighted by atomic mass is 9.88. The van der Waals surface area contributed by atoms with Crippen LogP contribution in [0.5, 0.6) is 0 Å². The molecule has 1 amide bonds. The highest BCUT2D eigenvalue weighted by molar-refractivity contribution is 6.02. The highest BCUT2D eigenvalue weighted by Crippen LogP contribution is 2.35. The second-order valence-corrected chi connectivity index (χ2v) is 6.15. The van der Waals surface area contributed by atoms with Gasteiger partial charge in [-0.25, -0.2) is 4.39 Å². The van der Waals surface area contributed by atoms with Gasteiger partial charge in [-0.15, -0.1) is 0 Å². The SMILES string of the molecule is CNC(=O)c1cc(F)cc(-c2c(CC(=O)O)c(C)cc3ccccc23)c1. The molecule has 132 valence electrons. The zero-order chi connectivity index (χ0) is 18.8. The first-order valence-electron chi connectivity index (χ1n) is 8.16. The summed E-state index contributed by atoms with van der Waals surface area (Å²) >= 11 is 0. The van der Waals surface area contributed by atoms with E-state index in [2.05, 4.69) is 5.32 Å². The van der Waals surface area contributed by atoms with Crippen LogP contribution in [0, 0.1) is 12.7 Å². The number of carboxylic acid groups (broad SMARTS) is 1. The van der Waals surface area contributed by atoms with Crippen molar-refractivity contribution in [1.82, 2.24) is 5.32 Å². The van der Waals surface area contributed by atoms with Gasteiger partial charge in [-0.3, -0.25) is 9.59 Å². The summed E-state index contributed by atoms with van der Waals surface area (Å²) in [6.07, 6.45) is -0.183. The second-order valence-electron chi connectivity index (χ2n) is 6.15. The molecule has 4 nitrogen and oxygen atoms in total. The molecular weight excluding hydrogens is 333 g/mol. The number of rotatable bonds is 4. The maximum absolute atomic E-state index is 14.2. The van der Waals surface area contributed by atoms with Gasteiger partial charge in [-0.1, -0.05) is 30.3 Å². The Kier molecular flexibility index (Phi) is 4.71. The van der Waals surface area contributed by atoms with E-state index >= 15 is 0 Å². The number of fused-ring (bicyclic) bond motifs is 1. The molecule has 2 N–H and O–H groups in total. The van der Waals surface area contributed by atoms with Gasteiger partial charge in [0.25, 0.3) is 5.91 Å². The lowest BCUT2D eigenvalue weighted by Crippen LogP contribution is -2.18. The predicted octanol–water partition coefficient (Wildman–Crippen LogP) is 3.94. The Morgan fingerprint density at radius 3 is 2.54 bits per heavy atom. The fraction of sp³-hybridized carbons (Fsp3) is 0.143. The minimum Gasteiger partial charge on any atom is -0.481 e. The lowest BCUT2D eigenvalue weighted by molar-refractivity contribution is -0.136. The van der Waals surface area contributed by atoms with E-state index in [0.29, 0.717) is 16.7 Å². The van der Waals surface area contributed by atoms with Crippen LogP contribution in [0.2, 0.25) is 0 Å². The average Bonchev–Trinajstić information content (AvgIpc) is 2.60. The smallest absolute Gasteiger partial charge is 0.307 e. The standard InChI is InChI=1S/C21H18FNO3/c1-12-7-13-5-3-4-6-17(13)20(18(12)11-19(24)25)14-8-15(21(26)23-2)10-16(22)9-14/h3-10H,11H2,1-2H3,(H,23,26)(H,24,25). The van der Waals surface area contributed by atoms with Crippen LogP contribution in [0.3, 0.4) is 0 Å². The first-order valence-corrected chi connectivity index (χ1v) is 8.16. The van der Waals surface area contributed by atoms with Crippen molar-refractivity contribution >= 4 is 22.6 Å². The van der Waals surface area contributed by atoms with Crippen molar-refractivity contribution < 1.29 is 19.1 Å². The Bertz CT molecular complexity index is 1030. The number of carbonyl (C=O) groups excluding carboxylic acids is 1. The van der Waals surface area contributed by atoms with Crippen LogP contribution in [0.25, 0.3) is 21.9 Å². The number of halogens is 1. The van der Waals surface area contributed by atoms with E-state index in [0.717, 1.165) is 22.4 Å². The normalized spacial score (nSPS) is 10.7. The molecular formula is C21H18FNO3. The molecule has 3 aromatic rings.